The highest BCUT2D eigenvalue weighted by molar-refractivity contribution is 5.97. The fourth-order valence-corrected chi connectivity index (χ4v) is 1.54. The minimum atomic E-state index is -4.30. The molecule has 1 amide bonds. The highest BCUT2D eigenvalue weighted by atomic mass is 19.4. The van der Waals surface area contributed by atoms with Crippen LogP contribution in [-0.4, -0.2) is 23.6 Å². The third-order valence-corrected chi connectivity index (χ3v) is 2.86. The van der Waals surface area contributed by atoms with Crippen LogP contribution >= 0.6 is 0 Å². The van der Waals surface area contributed by atoms with Crippen LogP contribution in [0.25, 0.3) is 0 Å². The summed E-state index contributed by atoms with van der Waals surface area (Å²) < 4.78 is 36.5. The standard InChI is InChI=1S/C14H16F3N3O/c1-4-13(2,3)10-6-5-9(11(18)21)12(20-10)19-8-7-14(15,16)17/h1,5-6H,7-8H2,2-3H3,(H2,18,21)(H,19,20). The van der Waals surface area contributed by atoms with Gasteiger partial charge in [0.15, 0.2) is 0 Å². The van der Waals surface area contributed by atoms with Crippen molar-refractivity contribution in [1.29, 1.82) is 0 Å². The van der Waals surface area contributed by atoms with Gasteiger partial charge in [-0.15, -0.1) is 6.42 Å². The van der Waals surface area contributed by atoms with Crippen molar-refractivity contribution >= 4 is 11.7 Å². The molecule has 0 radical (unpaired) electrons. The first kappa shape index (κ1) is 16.8. The SMILES string of the molecule is C#CC(C)(C)c1ccc(C(N)=O)c(NCCC(F)(F)F)n1. The smallest absolute Gasteiger partial charge is 0.369 e. The zero-order valence-corrected chi connectivity index (χ0v) is 11.7. The van der Waals surface area contributed by atoms with Crippen LogP contribution < -0.4 is 11.1 Å². The molecule has 21 heavy (non-hydrogen) atoms. The van der Waals surface area contributed by atoms with Crippen molar-refractivity contribution < 1.29 is 18.0 Å². The average molecular weight is 299 g/mol. The van der Waals surface area contributed by atoms with Gasteiger partial charge < -0.3 is 11.1 Å². The van der Waals surface area contributed by atoms with Crippen LogP contribution in [0.2, 0.25) is 0 Å². The molecular weight excluding hydrogens is 283 g/mol. The second-order valence-electron chi connectivity index (χ2n) is 5.02. The summed E-state index contributed by atoms with van der Waals surface area (Å²) in [4.78, 5) is 15.4. The molecule has 0 aliphatic rings. The quantitative estimate of drug-likeness (QED) is 0.821. The molecule has 0 fully saturated rings. The molecule has 0 aliphatic heterocycles. The maximum Gasteiger partial charge on any atom is 0.390 e. The number of hydrogen-bond acceptors (Lipinski definition) is 3. The number of alkyl halides is 3. The highest BCUT2D eigenvalue weighted by Gasteiger charge is 2.27. The normalized spacial score (nSPS) is 11.8. The van der Waals surface area contributed by atoms with Crippen LogP contribution in [0.3, 0.4) is 0 Å². The average Bonchev–Trinajstić information content (AvgIpc) is 2.36. The second-order valence-corrected chi connectivity index (χ2v) is 5.02. The van der Waals surface area contributed by atoms with Crippen LogP contribution in [0.4, 0.5) is 19.0 Å². The Morgan fingerprint density at radius 2 is 2.05 bits per heavy atom. The second kappa shape index (κ2) is 6.04. The van der Waals surface area contributed by atoms with Crippen molar-refractivity contribution in [2.45, 2.75) is 31.9 Å². The molecule has 3 N–H and O–H groups in total. The summed E-state index contributed by atoms with van der Waals surface area (Å²) in [5, 5.41) is 2.49. The number of amides is 1. The topological polar surface area (TPSA) is 68.0 Å². The molecule has 1 aromatic heterocycles. The van der Waals surface area contributed by atoms with Crippen LogP contribution in [0.1, 0.15) is 36.3 Å². The molecule has 0 aliphatic carbocycles. The Labute approximate surface area is 120 Å². The predicted molar refractivity (Wildman–Crippen MR) is 73.8 cm³/mol. The summed E-state index contributed by atoms with van der Waals surface area (Å²) in [5.74, 6) is 1.76. The number of hydrogen-bond donors (Lipinski definition) is 2. The van der Waals surface area contributed by atoms with Crippen molar-refractivity contribution in [3.63, 3.8) is 0 Å². The van der Waals surface area contributed by atoms with Gasteiger partial charge in [-0.2, -0.15) is 13.2 Å². The number of nitrogens with one attached hydrogen (secondary N) is 1. The third-order valence-electron chi connectivity index (χ3n) is 2.86. The lowest BCUT2D eigenvalue weighted by atomic mass is 9.89. The lowest BCUT2D eigenvalue weighted by Gasteiger charge is -2.19. The van der Waals surface area contributed by atoms with Crippen LogP contribution in [0.15, 0.2) is 12.1 Å². The molecule has 0 aromatic carbocycles. The minimum Gasteiger partial charge on any atom is -0.369 e. The number of rotatable bonds is 5. The maximum atomic E-state index is 12.2. The van der Waals surface area contributed by atoms with E-state index in [1.54, 1.807) is 13.8 Å². The first-order valence-corrected chi connectivity index (χ1v) is 6.16. The molecule has 0 spiro atoms. The fraction of sp³-hybridized carbons (Fsp3) is 0.429. The Kier molecular flexibility index (Phi) is 4.84. The molecule has 0 unspecified atom stereocenters. The Morgan fingerprint density at radius 3 is 2.52 bits per heavy atom. The Balaban J connectivity index is 3.06. The summed E-state index contributed by atoms with van der Waals surface area (Å²) in [6.07, 6.45) is 0.0506. The van der Waals surface area contributed by atoms with E-state index in [2.05, 4.69) is 16.2 Å². The Hall–Kier alpha value is -2.23. The fourth-order valence-electron chi connectivity index (χ4n) is 1.54. The minimum absolute atomic E-state index is 0.00701. The van der Waals surface area contributed by atoms with Gasteiger partial charge >= 0.3 is 6.18 Å². The van der Waals surface area contributed by atoms with E-state index in [4.69, 9.17) is 12.2 Å². The summed E-state index contributed by atoms with van der Waals surface area (Å²) in [5.41, 5.74) is 4.96. The number of aromatic nitrogens is 1. The summed E-state index contributed by atoms with van der Waals surface area (Å²) in [6.45, 7) is 3.06. The Bertz CT molecular complexity index is 574. The first-order valence-electron chi connectivity index (χ1n) is 6.16. The van der Waals surface area contributed by atoms with Crippen LogP contribution in [0.5, 0.6) is 0 Å². The third kappa shape index (κ3) is 4.67. The van der Waals surface area contributed by atoms with Gasteiger partial charge in [-0.1, -0.05) is 5.92 Å². The largest absolute Gasteiger partial charge is 0.390 e. The number of nitrogens with zero attached hydrogens (tertiary/aromatic N) is 1. The molecule has 1 aromatic rings. The number of carbonyl (C=O) groups excluding carboxylic acids is 1. The highest BCUT2D eigenvalue weighted by Crippen LogP contribution is 2.24. The number of primary amides is 1. The van der Waals surface area contributed by atoms with Crippen molar-refractivity contribution in [1.82, 2.24) is 4.98 Å². The molecule has 0 atom stereocenters. The maximum absolute atomic E-state index is 12.2. The number of carbonyl (C=O) groups is 1. The molecule has 0 bridgehead atoms. The van der Waals surface area contributed by atoms with E-state index in [1.165, 1.54) is 12.1 Å². The van der Waals surface area contributed by atoms with Crippen molar-refractivity contribution in [3.05, 3.63) is 23.4 Å². The van der Waals surface area contributed by atoms with Gasteiger partial charge in [0.25, 0.3) is 5.91 Å². The lowest BCUT2D eigenvalue weighted by molar-refractivity contribution is -0.131. The monoisotopic (exact) mass is 299 g/mol. The Morgan fingerprint density at radius 1 is 1.43 bits per heavy atom. The predicted octanol–water partition coefficient (Wildman–Crippen LogP) is 2.46. The molecule has 1 heterocycles. The van der Waals surface area contributed by atoms with E-state index >= 15 is 0 Å². The van der Waals surface area contributed by atoms with E-state index < -0.39 is 30.5 Å². The van der Waals surface area contributed by atoms with Gasteiger partial charge in [-0.3, -0.25) is 4.79 Å². The van der Waals surface area contributed by atoms with E-state index in [0.717, 1.165) is 0 Å². The van der Waals surface area contributed by atoms with Crippen molar-refractivity contribution in [3.8, 4) is 12.3 Å². The molecular formula is C14H16F3N3O. The number of nitrogens with two attached hydrogens (primary N) is 1. The van der Waals surface area contributed by atoms with Crippen molar-refractivity contribution in [2.75, 3.05) is 11.9 Å². The van der Waals surface area contributed by atoms with Crippen molar-refractivity contribution in [2.24, 2.45) is 5.73 Å². The number of halogens is 3. The van der Waals surface area contributed by atoms with E-state index in [0.29, 0.717) is 5.69 Å². The number of anilines is 1. The summed E-state index contributed by atoms with van der Waals surface area (Å²) in [6, 6.07) is 2.94. The van der Waals surface area contributed by atoms with E-state index in [1.807, 2.05) is 0 Å². The van der Waals surface area contributed by atoms with Gasteiger partial charge in [0.05, 0.1) is 23.1 Å². The zero-order chi connectivity index (χ0) is 16.3. The lowest BCUT2D eigenvalue weighted by Crippen LogP contribution is -2.22. The molecule has 0 saturated heterocycles. The molecule has 0 saturated carbocycles. The number of terminal acetylenes is 1. The van der Waals surface area contributed by atoms with Gasteiger partial charge in [0.2, 0.25) is 0 Å². The molecule has 4 nitrogen and oxygen atoms in total. The van der Waals surface area contributed by atoms with Gasteiger partial charge in [0, 0.05) is 6.54 Å². The summed E-state index contributed by atoms with van der Waals surface area (Å²) >= 11 is 0. The number of pyridine rings is 1. The summed E-state index contributed by atoms with van der Waals surface area (Å²) in [7, 11) is 0. The first-order chi connectivity index (χ1) is 9.57. The van der Waals surface area contributed by atoms with Gasteiger partial charge in [0.1, 0.15) is 5.82 Å². The zero-order valence-electron chi connectivity index (χ0n) is 11.7. The van der Waals surface area contributed by atoms with Crippen LogP contribution in [-0.2, 0) is 5.41 Å². The van der Waals surface area contributed by atoms with Gasteiger partial charge in [-0.25, -0.2) is 4.98 Å². The van der Waals surface area contributed by atoms with Gasteiger partial charge in [-0.05, 0) is 26.0 Å². The molecule has 7 heteroatoms. The van der Waals surface area contributed by atoms with E-state index in [-0.39, 0.29) is 11.4 Å². The van der Waals surface area contributed by atoms with Crippen LogP contribution in [0, 0.1) is 12.3 Å². The molecule has 114 valence electrons. The van der Waals surface area contributed by atoms with E-state index in [9.17, 15) is 18.0 Å². The molecule has 1 rings (SSSR count).